The van der Waals surface area contributed by atoms with Crippen molar-refractivity contribution in [1.29, 1.82) is 0 Å². The van der Waals surface area contributed by atoms with E-state index in [9.17, 15) is 19.1 Å². The number of aromatic nitrogens is 2. The number of methoxy groups -OCH3 is 1. The van der Waals surface area contributed by atoms with Crippen molar-refractivity contribution in [2.24, 2.45) is 0 Å². The van der Waals surface area contributed by atoms with Crippen LogP contribution in [-0.4, -0.2) is 70.8 Å². The molecule has 1 unspecified atom stereocenters. The standard InChI is InChI=1S/C29H31ClFN5O5/c1-16(37)26(19-9-20(31)12-22(10-19)40-2)34-25(38)15-36-14-18-4-3-17(11-23(18)28(36)39)27-24(30)13-32-29(35-27)33-21-5-7-41-8-6-21/h3-4,9-13,16,21,26,37H,5-8,14-15H2,1-2H3,(H,34,38)(H,32,33,35)/t16?,26-/m1/s1. The van der Waals surface area contributed by atoms with Crippen LogP contribution in [-0.2, 0) is 16.1 Å². The van der Waals surface area contributed by atoms with E-state index in [-0.39, 0.29) is 30.8 Å². The number of amides is 2. The lowest BCUT2D eigenvalue weighted by Gasteiger charge is -2.24. The average Bonchev–Trinajstić information content (AvgIpc) is 3.26. The van der Waals surface area contributed by atoms with E-state index in [0.717, 1.165) is 18.4 Å². The number of ether oxygens (including phenoxy) is 2. The first-order valence-electron chi connectivity index (χ1n) is 13.3. The SMILES string of the molecule is COc1cc(F)cc([C@H](NC(=O)CN2Cc3ccc(-c4nc(NC5CCOCC5)ncc4Cl)cc3C2=O)C(C)O)c1. The molecular formula is C29H31ClFN5O5. The Labute approximate surface area is 241 Å². The Kier molecular flexibility index (Phi) is 8.67. The minimum atomic E-state index is -1.03. The lowest BCUT2D eigenvalue weighted by atomic mass is 10.0. The summed E-state index contributed by atoms with van der Waals surface area (Å²) in [6.07, 6.45) is 2.21. The quantitative estimate of drug-likeness (QED) is 0.348. The summed E-state index contributed by atoms with van der Waals surface area (Å²) in [6, 6.07) is 8.66. The Morgan fingerprint density at radius 3 is 2.78 bits per heavy atom. The summed E-state index contributed by atoms with van der Waals surface area (Å²) in [6.45, 7) is 2.84. The molecule has 3 aromatic rings. The molecule has 2 atom stereocenters. The smallest absolute Gasteiger partial charge is 0.254 e. The molecule has 41 heavy (non-hydrogen) atoms. The summed E-state index contributed by atoms with van der Waals surface area (Å²) in [5.74, 6) is -0.663. The lowest BCUT2D eigenvalue weighted by Crippen LogP contribution is -2.41. The van der Waals surface area contributed by atoms with Crippen LogP contribution in [0.15, 0.2) is 42.6 Å². The summed E-state index contributed by atoms with van der Waals surface area (Å²) in [4.78, 5) is 36.6. The van der Waals surface area contributed by atoms with Gasteiger partial charge in [0.15, 0.2) is 0 Å². The number of halogens is 2. The fourth-order valence-corrected chi connectivity index (χ4v) is 5.26. The molecule has 0 spiro atoms. The molecule has 0 bridgehead atoms. The van der Waals surface area contributed by atoms with Gasteiger partial charge < -0.3 is 30.1 Å². The molecule has 1 fully saturated rings. The lowest BCUT2D eigenvalue weighted by molar-refractivity contribution is -0.123. The van der Waals surface area contributed by atoms with Crippen LogP contribution in [0.25, 0.3) is 11.3 Å². The summed E-state index contributed by atoms with van der Waals surface area (Å²) in [5.41, 5.74) is 2.71. The summed E-state index contributed by atoms with van der Waals surface area (Å²) < 4.78 is 24.6. The van der Waals surface area contributed by atoms with E-state index in [1.165, 1.54) is 37.3 Å². The molecule has 0 saturated carbocycles. The van der Waals surface area contributed by atoms with Crippen LogP contribution in [0.1, 0.15) is 47.3 Å². The summed E-state index contributed by atoms with van der Waals surface area (Å²) in [7, 11) is 1.40. The molecule has 2 aliphatic rings. The molecule has 1 aromatic heterocycles. The molecule has 2 amide bonds. The highest BCUT2D eigenvalue weighted by Crippen LogP contribution is 2.32. The molecule has 2 aromatic carbocycles. The number of fused-ring (bicyclic) bond motifs is 1. The number of aliphatic hydroxyl groups is 1. The molecule has 10 nitrogen and oxygen atoms in total. The number of nitrogens with one attached hydrogen (secondary N) is 2. The summed E-state index contributed by atoms with van der Waals surface area (Å²) >= 11 is 6.44. The number of carbonyl (C=O) groups excluding carboxylic acids is 2. The predicted octanol–water partition coefficient (Wildman–Crippen LogP) is 3.73. The number of anilines is 1. The first-order chi connectivity index (χ1) is 19.7. The van der Waals surface area contributed by atoms with Crippen LogP contribution in [0.2, 0.25) is 5.02 Å². The fourth-order valence-electron chi connectivity index (χ4n) is 5.06. The molecule has 3 heterocycles. The number of carbonyl (C=O) groups is 2. The van der Waals surface area contributed by atoms with E-state index in [1.807, 2.05) is 12.1 Å². The number of hydrogen-bond donors (Lipinski definition) is 3. The van der Waals surface area contributed by atoms with Gasteiger partial charge in [0, 0.05) is 43.0 Å². The van der Waals surface area contributed by atoms with Crippen LogP contribution >= 0.6 is 11.6 Å². The van der Waals surface area contributed by atoms with Gasteiger partial charge in [0.2, 0.25) is 11.9 Å². The topological polar surface area (TPSA) is 126 Å². The van der Waals surface area contributed by atoms with Gasteiger partial charge >= 0.3 is 0 Å². The maximum Gasteiger partial charge on any atom is 0.254 e. The van der Waals surface area contributed by atoms with Gasteiger partial charge in [-0.2, -0.15) is 0 Å². The van der Waals surface area contributed by atoms with Crippen LogP contribution in [0, 0.1) is 5.82 Å². The van der Waals surface area contributed by atoms with Gasteiger partial charge in [-0.3, -0.25) is 9.59 Å². The van der Waals surface area contributed by atoms with Gasteiger partial charge in [0.05, 0.1) is 36.2 Å². The first kappa shape index (κ1) is 28.7. The van der Waals surface area contributed by atoms with Gasteiger partial charge in [-0.15, -0.1) is 0 Å². The van der Waals surface area contributed by atoms with E-state index in [1.54, 1.807) is 12.1 Å². The molecule has 1 saturated heterocycles. The van der Waals surface area contributed by atoms with Crippen molar-refractivity contribution in [3.63, 3.8) is 0 Å². The summed E-state index contributed by atoms with van der Waals surface area (Å²) in [5, 5.41) is 16.7. The Balaban J connectivity index is 1.29. The molecule has 12 heteroatoms. The molecule has 5 rings (SSSR count). The van der Waals surface area contributed by atoms with E-state index in [4.69, 9.17) is 21.1 Å². The van der Waals surface area contributed by atoms with Crippen molar-refractivity contribution in [2.45, 2.75) is 44.5 Å². The van der Waals surface area contributed by atoms with Crippen molar-refractivity contribution < 1.29 is 28.6 Å². The van der Waals surface area contributed by atoms with E-state index >= 15 is 0 Å². The number of aliphatic hydroxyl groups excluding tert-OH is 1. The van der Waals surface area contributed by atoms with Crippen LogP contribution in [0.3, 0.4) is 0 Å². The predicted molar refractivity (Wildman–Crippen MR) is 150 cm³/mol. The Bertz CT molecular complexity index is 1450. The van der Waals surface area contributed by atoms with Crippen molar-refractivity contribution >= 4 is 29.4 Å². The second kappa shape index (κ2) is 12.4. The van der Waals surface area contributed by atoms with Crippen LogP contribution in [0.4, 0.5) is 10.3 Å². The maximum absolute atomic E-state index is 14.1. The van der Waals surface area contributed by atoms with Crippen molar-refractivity contribution in [2.75, 3.05) is 32.2 Å². The molecule has 2 aliphatic heterocycles. The Morgan fingerprint density at radius 1 is 1.27 bits per heavy atom. The molecule has 3 N–H and O–H groups in total. The highest BCUT2D eigenvalue weighted by molar-refractivity contribution is 6.33. The first-order valence-corrected chi connectivity index (χ1v) is 13.7. The monoisotopic (exact) mass is 583 g/mol. The zero-order chi connectivity index (χ0) is 29.1. The van der Waals surface area contributed by atoms with Gasteiger partial charge in [0.25, 0.3) is 5.91 Å². The highest BCUT2D eigenvalue weighted by Gasteiger charge is 2.31. The third-order valence-electron chi connectivity index (χ3n) is 7.18. The normalized spacial score (nSPS) is 16.7. The minimum absolute atomic E-state index is 0.204. The zero-order valence-electron chi connectivity index (χ0n) is 22.7. The maximum atomic E-state index is 14.1. The van der Waals surface area contributed by atoms with E-state index in [0.29, 0.717) is 46.6 Å². The number of benzene rings is 2. The van der Waals surface area contributed by atoms with E-state index in [2.05, 4.69) is 20.6 Å². The number of hydrogen-bond acceptors (Lipinski definition) is 8. The number of nitrogens with zero attached hydrogens (tertiary/aromatic N) is 3. The van der Waals surface area contributed by atoms with Crippen molar-refractivity contribution in [3.05, 3.63) is 70.1 Å². The fraction of sp³-hybridized carbons (Fsp3) is 0.379. The van der Waals surface area contributed by atoms with Gasteiger partial charge in [-0.05, 0) is 49.1 Å². The molecular weight excluding hydrogens is 553 g/mol. The molecule has 0 radical (unpaired) electrons. The van der Waals surface area contributed by atoms with Crippen molar-refractivity contribution in [1.82, 2.24) is 20.2 Å². The van der Waals surface area contributed by atoms with Gasteiger partial charge in [0.1, 0.15) is 18.1 Å². The molecule has 0 aliphatic carbocycles. The van der Waals surface area contributed by atoms with Crippen LogP contribution < -0.4 is 15.4 Å². The zero-order valence-corrected chi connectivity index (χ0v) is 23.4. The highest BCUT2D eigenvalue weighted by atomic mass is 35.5. The minimum Gasteiger partial charge on any atom is -0.497 e. The van der Waals surface area contributed by atoms with Gasteiger partial charge in [-0.1, -0.05) is 23.7 Å². The van der Waals surface area contributed by atoms with E-state index < -0.39 is 23.9 Å². The Morgan fingerprint density at radius 2 is 2.05 bits per heavy atom. The second-order valence-corrected chi connectivity index (χ2v) is 10.6. The molecule has 216 valence electrons. The van der Waals surface area contributed by atoms with Crippen LogP contribution in [0.5, 0.6) is 5.75 Å². The number of rotatable bonds is 9. The average molecular weight is 584 g/mol. The largest absolute Gasteiger partial charge is 0.497 e. The van der Waals surface area contributed by atoms with Crippen molar-refractivity contribution in [3.8, 4) is 17.0 Å². The van der Waals surface area contributed by atoms with Gasteiger partial charge in [-0.25, -0.2) is 14.4 Å². The Hall–Kier alpha value is -3.80. The third kappa shape index (κ3) is 6.58. The second-order valence-electron chi connectivity index (χ2n) is 10.2. The third-order valence-corrected chi connectivity index (χ3v) is 7.46.